The fourth-order valence-electron chi connectivity index (χ4n) is 3.36. The zero-order chi connectivity index (χ0) is 14.4. The molecule has 1 saturated heterocycles. The van der Waals surface area contributed by atoms with Crippen LogP contribution in [0.3, 0.4) is 0 Å². The lowest BCUT2D eigenvalue weighted by Crippen LogP contribution is -2.44. The lowest BCUT2D eigenvalue weighted by molar-refractivity contribution is 0.329. The lowest BCUT2D eigenvalue weighted by Gasteiger charge is -2.34. The molecule has 0 aliphatic carbocycles. The van der Waals surface area contributed by atoms with Gasteiger partial charge in [0.2, 0.25) is 10.0 Å². The van der Waals surface area contributed by atoms with E-state index in [2.05, 4.69) is 5.32 Å². The first-order valence-electron chi connectivity index (χ1n) is 6.83. The first-order chi connectivity index (χ1) is 9.46. The summed E-state index contributed by atoms with van der Waals surface area (Å²) in [6, 6.07) is 5.70. The van der Waals surface area contributed by atoms with Crippen LogP contribution in [0, 0.1) is 0 Å². The number of methoxy groups -OCH3 is 1. The minimum absolute atomic E-state index is 0.0712. The van der Waals surface area contributed by atoms with Gasteiger partial charge in [0.25, 0.3) is 0 Å². The molecule has 0 amide bonds. The Balaban J connectivity index is 2.14. The molecule has 0 atom stereocenters. The van der Waals surface area contributed by atoms with Crippen molar-refractivity contribution in [3.63, 3.8) is 0 Å². The molecule has 3 rings (SSSR count). The minimum atomic E-state index is -3.24. The van der Waals surface area contributed by atoms with Crippen molar-refractivity contribution in [1.29, 1.82) is 0 Å². The van der Waals surface area contributed by atoms with Crippen LogP contribution in [0.25, 0.3) is 0 Å². The van der Waals surface area contributed by atoms with Crippen LogP contribution in [-0.4, -0.2) is 41.4 Å². The van der Waals surface area contributed by atoms with Gasteiger partial charge in [-0.25, -0.2) is 8.42 Å². The molecule has 5 nitrogen and oxygen atoms in total. The number of ether oxygens (including phenoxy) is 1. The van der Waals surface area contributed by atoms with Crippen LogP contribution in [0.2, 0.25) is 0 Å². The van der Waals surface area contributed by atoms with Gasteiger partial charge in [0.05, 0.1) is 19.1 Å². The minimum Gasteiger partial charge on any atom is -0.497 e. The highest BCUT2D eigenvalue weighted by Crippen LogP contribution is 2.48. The molecule has 0 bridgehead atoms. The van der Waals surface area contributed by atoms with Crippen molar-refractivity contribution in [3.05, 3.63) is 23.8 Å². The third-order valence-electron chi connectivity index (χ3n) is 4.45. The van der Waals surface area contributed by atoms with Crippen molar-refractivity contribution in [2.24, 2.45) is 0 Å². The highest BCUT2D eigenvalue weighted by atomic mass is 32.2. The lowest BCUT2D eigenvalue weighted by atomic mass is 9.75. The first-order valence-corrected chi connectivity index (χ1v) is 8.68. The van der Waals surface area contributed by atoms with E-state index in [-0.39, 0.29) is 5.41 Å². The number of fused-ring (bicyclic) bond motifs is 2. The van der Waals surface area contributed by atoms with E-state index in [0.717, 1.165) is 42.9 Å². The maximum atomic E-state index is 12.1. The average Bonchev–Trinajstić information content (AvgIpc) is 2.74. The Morgan fingerprint density at radius 3 is 2.60 bits per heavy atom. The molecule has 1 N–H and O–H groups in total. The highest BCUT2D eigenvalue weighted by Gasteiger charge is 2.46. The van der Waals surface area contributed by atoms with Crippen molar-refractivity contribution in [2.45, 2.75) is 18.3 Å². The molecule has 1 aromatic carbocycles. The van der Waals surface area contributed by atoms with E-state index in [1.54, 1.807) is 11.4 Å². The smallest absolute Gasteiger partial charge is 0.232 e. The van der Waals surface area contributed by atoms with Crippen LogP contribution < -0.4 is 14.4 Å². The summed E-state index contributed by atoms with van der Waals surface area (Å²) in [4.78, 5) is 0. The molecule has 1 spiro atoms. The molecular formula is C14H20N2O3S. The van der Waals surface area contributed by atoms with Gasteiger partial charge in [-0.1, -0.05) is 0 Å². The van der Waals surface area contributed by atoms with E-state index < -0.39 is 10.0 Å². The molecule has 110 valence electrons. The second kappa shape index (κ2) is 4.63. The third-order valence-corrected chi connectivity index (χ3v) is 5.58. The van der Waals surface area contributed by atoms with Crippen molar-refractivity contribution >= 4 is 15.7 Å². The standard InChI is InChI=1S/C14H20N2O3S/c1-19-11-3-4-13-12(9-11)14(5-7-15-8-6-14)10-16(13)20(2,17)18/h3-4,9,15H,5-8,10H2,1-2H3. The van der Waals surface area contributed by atoms with Crippen molar-refractivity contribution < 1.29 is 13.2 Å². The molecule has 20 heavy (non-hydrogen) atoms. The van der Waals surface area contributed by atoms with Gasteiger partial charge in [-0.2, -0.15) is 0 Å². The Hall–Kier alpha value is -1.27. The van der Waals surface area contributed by atoms with E-state index in [1.807, 2.05) is 18.2 Å². The first kappa shape index (κ1) is 13.7. The van der Waals surface area contributed by atoms with Gasteiger partial charge >= 0.3 is 0 Å². The number of nitrogens with zero attached hydrogens (tertiary/aromatic N) is 1. The van der Waals surface area contributed by atoms with E-state index in [4.69, 9.17) is 4.74 Å². The summed E-state index contributed by atoms with van der Waals surface area (Å²) in [7, 11) is -1.60. The normalized spacial score (nSPS) is 21.0. The van der Waals surface area contributed by atoms with Crippen molar-refractivity contribution in [1.82, 2.24) is 5.32 Å². The van der Waals surface area contributed by atoms with E-state index in [9.17, 15) is 8.42 Å². The molecule has 1 aromatic rings. The number of sulfonamides is 1. The van der Waals surface area contributed by atoms with Crippen LogP contribution in [0.5, 0.6) is 5.75 Å². The monoisotopic (exact) mass is 296 g/mol. The molecule has 0 saturated carbocycles. The fourth-order valence-corrected chi connectivity index (χ4v) is 4.36. The second-order valence-corrected chi connectivity index (χ2v) is 7.59. The number of nitrogens with one attached hydrogen (secondary N) is 1. The van der Waals surface area contributed by atoms with Crippen molar-refractivity contribution in [3.8, 4) is 5.75 Å². The van der Waals surface area contributed by atoms with Gasteiger partial charge in [0.1, 0.15) is 5.75 Å². The molecule has 2 heterocycles. The summed E-state index contributed by atoms with van der Waals surface area (Å²) in [5, 5.41) is 3.35. The zero-order valence-corrected chi connectivity index (χ0v) is 12.7. The topological polar surface area (TPSA) is 58.6 Å². The third kappa shape index (κ3) is 2.07. The number of benzene rings is 1. The summed E-state index contributed by atoms with van der Waals surface area (Å²) in [6.45, 7) is 2.40. The molecule has 1 fully saturated rings. The second-order valence-electron chi connectivity index (χ2n) is 5.68. The number of rotatable bonds is 2. The van der Waals surface area contributed by atoms with E-state index >= 15 is 0 Å². The predicted octanol–water partition coefficient (Wildman–Crippen LogP) is 1.10. The largest absolute Gasteiger partial charge is 0.497 e. The SMILES string of the molecule is COc1ccc2c(c1)C1(CCNCC1)CN2S(C)(=O)=O. The van der Waals surface area contributed by atoms with Gasteiger partial charge in [-0.15, -0.1) is 0 Å². The molecule has 0 radical (unpaired) electrons. The summed E-state index contributed by atoms with van der Waals surface area (Å²) in [5.74, 6) is 0.789. The Morgan fingerprint density at radius 2 is 2.00 bits per heavy atom. The van der Waals surface area contributed by atoms with Crippen LogP contribution >= 0.6 is 0 Å². The highest BCUT2D eigenvalue weighted by molar-refractivity contribution is 7.92. The zero-order valence-electron chi connectivity index (χ0n) is 11.8. The Labute approximate surface area is 120 Å². The maximum absolute atomic E-state index is 12.1. The summed E-state index contributed by atoms with van der Waals surface area (Å²) < 4.78 is 31.0. The maximum Gasteiger partial charge on any atom is 0.232 e. The number of hydrogen-bond acceptors (Lipinski definition) is 4. The quantitative estimate of drug-likeness (QED) is 0.888. The molecule has 2 aliphatic rings. The number of piperidine rings is 1. The number of hydrogen-bond donors (Lipinski definition) is 1. The molecule has 0 unspecified atom stereocenters. The van der Waals surface area contributed by atoms with Crippen LogP contribution in [0.4, 0.5) is 5.69 Å². The molecular weight excluding hydrogens is 276 g/mol. The van der Waals surface area contributed by atoms with E-state index in [0.29, 0.717) is 6.54 Å². The summed E-state index contributed by atoms with van der Waals surface area (Å²) in [6.07, 6.45) is 3.19. The van der Waals surface area contributed by atoms with E-state index in [1.165, 1.54) is 6.26 Å². The van der Waals surface area contributed by atoms with Crippen molar-refractivity contribution in [2.75, 3.05) is 37.3 Å². The van der Waals surface area contributed by atoms with Gasteiger partial charge in [-0.05, 0) is 49.7 Å². The van der Waals surface area contributed by atoms with Crippen LogP contribution in [0.1, 0.15) is 18.4 Å². The Morgan fingerprint density at radius 1 is 1.30 bits per heavy atom. The van der Waals surface area contributed by atoms with Gasteiger partial charge in [0, 0.05) is 12.0 Å². The Kier molecular flexibility index (Phi) is 3.17. The summed E-state index contributed by atoms with van der Waals surface area (Å²) >= 11 is 0. The number of anilines is 1. The van der Waals surface area contributed by atoms with Crippen LogP contribution in [-0.2, 0) is 15.4 Å². The molecule has 0 aromatic heterocycles. The fraction of sp³-hybridized carbons (Fsp3) is 0.571. The van der Waals surface area contributed by atoms with Gasteiger partial charge in [-0.3, -0.25) is 4.31 Å². The van der Waals surface area contributed by atoms with Gasteiger partial charge in [0.15, 0.2) is 0 Å². The van der Waals surface area contributed by atoms with Gasteiger partial charge < -0.3 is 10.1 Å². The molecule has 2 aliphatic heterocycles. The Bertz CT molecular complexity index is 621. The predicted molar refractivity (Wildman–Crippen MR) is 79.0 cm³/mol. The average molecular weight is 296 g/mol. The van der Waals surface area contributed by atoms with Crippen LogP contribution in [0.15, 0.2) is 18.2 Å². The summed E-state index contributed by atoms with van der Waals surface area (Å²) in [5.41, 5.74) is 1.86. The molecule has 6 heteroatoms.